The molecule has 4 rings (SSSR count). The standard InChI is InChI=1S/C20H18N4OS/c1-13(2)14-7-9-15(10-8-14)19-22-18(25-24-19)12-26-20-17-6-4-3-5-16(17)11-21-23-20/h3-11,13H,12H2,1-2H3. The Kier molecular flexibility index (Phi) is 4.67. The maximum atomic E-state index is 5.40. The van der Waals surface area contributed by atoms with Gasteiger partial charge in [-0.15, -0.1) is 5.10 Å². The van der Waals surface area contributed by atoms with E-state index in [9.17, 15) is 0 Å². The Morgan fingerprint density at radius 3 is 2.65 bits per heavy atom. The monoisotopic (exact) mass is 362 g/mol. The van der Waals surface area contributed by atoms with Gasteiger partial charge < -0.3 is 4.52 Å². The number of aromatic nitrogens is 4. The second-order valence-corrected chi connectivity index (χ2v) is 7.28. The minimum atomic E-state index is 0.503. The molecule has 0 bridgehead atoms. The van der Waals surface area contributed by atoms with E-state index in [4.69, 9.17) is 4.52 Å². The Bertz CT molecular complexity index is 1020. The highest BCUT2D eigenvalue weighted by Crippen LogP contribution is 2.28. The fraction of sp³-hybridized carbons (Fsp3) is 0.200. The van der Waals surface area contributed by atoms with Crippen LogP contribution in [0.4, 0.5) is 0 Å². The van der Waals surface area contributed by atoms with Crippen molar-refractivity contribution < 1.29 is 4.52 Å². The van der Waals surface area contributed by atoms with Gasteiger partial charge in [-0.3, -0.25) is 0 Å². The highest BCUT2D eigenvalue weighted by atomic mass is 32.2. The minimum absolute atomic E-state index is 0.503. The maximum Gasteiger partial charge on any atom is 0.237 e. The summed E-state index contributed by atoms with van der Waals surface area (Å²) in [5.74, 6) is 2.25. The number of benzene rings is 2. The summed E-state index contributed by atoms with van der Waals surface area (Å²) in [7, 11) is 0. The predicted molar refractivity (Wildman–Crippen MR) is 103 cm³/mol. The number of rotatable bonds is 5. The van der Waals surface area contributed by atoms with Crippen molar-refractivity contribution in [3.8, 4) is 11.4 Å². The Hall–Kier alpha value is -2.73. The van der Waals surface area contributed by atoms with E-state index in [1.165, 1.54) is 5.56 Å². The first-order valence-electron chi connectivity index (χ1n) is 8.47. The van der Waals surface area contributed by atoms with E-state index in [2.05, 4.69) is 46.3 Å². The summed E-state index contributed by atoms with van der Waals surface area (Å²) in [5.41, 5.74) is 2.25. The quantitative estimate of drug-likeness (QED) is 0.460. The van der Waals surface area contributed by atoms with E-state index < -0.39 is 0 Å². The van der Waals surface area contributed by atoms with Crippen molar-refractivity contribution in [2.24, 2.45) is 0 Å². The number of hydrogen-bond acceptors (Lipinski definition) is 6. The first-order chi connectivity index (χ1) is 12.7. The van der Waals surface area contributed by atoms with Crippen LogP contribution in [0.1, 0.15) is 31.2 Å². The predicted octanol–water partition coefficient (Wildman–Crippen LogP) is 5.10. The molecule has 0 amide bonds. The lowest BCUT2D eigenvalue weighted by Crippen LogP contribution is -1.89. The summed E-state index contributed by atoms with van der Waals surface area (Å²) in [4.78, 5) is 4.50. The molecule has 2 heterocycles. The van der Waals surface area contributed by atoms with Crippen molar-refractivity contribution in [3.63, 3.8) is 0 Å². The summed E-state index contributed by atoms with van der Waals surface area (Å²) in [6.07, 6.45) is 1.77. The Balaban J connectivity index is 1.50. The Morgan fingerprint density at radius 1 is 1.04 bits per heavy atom. The molecule has 0 saturated carbocycles. The zero-order valence-corrected chi connectivity index (χ0v) is 15.4. The molecule has 130 valence electrons. The molecule has 0 spiro atoms. The minimum Gasteiger partial charge on any atom is -0.338 e. The zero-order valence-electron chi connectivity index (χ0n) is 14.6. The fourth-order valence-corrected chi connectivity index (χ4v) is 3.51. The SMILES string of the molecule is CC(C)c1ccc(-c2noc(CSc3nncc4ccccc34)n2)cc1. The van der Waals surface area contributed by atoms with Crippen LogP contribution in [0.15, 0.2) is 64.3 Å². The number of fused-ring (bicyclic) bond motifs is 1. The number of nitrogens with zero attached hydrogens (tertiary/aromatic N) is 4. The van der Waals surface area contributed by atoms with Gasteiger partial charge in [0.05, 0.1) is 11.9 Å². The third-order valence-corrected chi connectivity index (χ3v) is 5.14. The van der Waals surface area contributed by atoms with Crippen molar-refractivity contribution in [1.82, 2.24) is 20.3 Å². The first kappa shape index (κ1) is 16.7. The summed E-state index contributed by atoms with van der Waals surface area (Å²) >= 11 is 1.55. The number of thioether (sulfide) groups is 1. The van der Waals surface area contributed by atoms with Gasteiger partial charge in [0.1, 0.15) is 5.03 Å². The van der Waals surface area contributed by atoms with Crippen LogP contribution in [-0.2, 0) is 5.75 Å². The molecule has 0 aliphatic heterocycles. The molecule has 0 atom stereocenters. The van der Waals surface area contributed by atoms with Gasteiger partial charge in [-0.1, -0.05) is 79.3 Å². The molecule has 2 aromatic carbocycles. The van der Waals surface area contributed by atoms with Crippen molar-refractivity contribution in [3.05, 3.63) is 66.2 Å². The van der Waals surface area contributed by atoms with Crippen LogP contribution in [0.5, 0.6) is 0 Å². The highest BCUT2D eigenvalue weighted by Gasteiger charge is 2.11. The van der Waals surface area contributed by atoms with Crippen LogP contribution in [0, 0.1) is 0 Å². The third-order valence-electron chi connectivity index (χ3n) is 4.17. The molecule has 0 unspecified atom stereocenters. The smallest absolute Gasteiger partial charge is 0.237 e. The third kappa shape index (κ3) is 3.46. The van der Waals surface area contributed by atoms with E-state index in [-0.39, 0.29) is 0 Å². The molecule has 0 aliphatic rings. The van der Waals surface area contributed by atoms with Gasteiger partial charge >= 0.3 is 0 Å². The molecule has 0 aliphatic carbocycles. The topological polar surface area (TPSA) is 64.7 Å². The van der Waals surface area contributed by atoms with Crippen LogP contribution in [-0.4, -0.2) is 20.3 Å². The van der Waals surface area contributed by atoms with Gasteiger partial charge in [0.15, 0.2) is 0 Å². The lowest BCUT2D eigenvalue weighted by Gasteiger charge is -2.04. The van der Waals surface area contributed by atoms with E-state index in [1.807, 2.05) is 36.4 Å². The second kappa shape index (κ2) is 7.25. The normalized spacial score (nSPS) is 11.3. The average molecular weight is 362 g/mol. The van der Waals surface area contributed by atoms with E-state index in [0.29, 0.717) is 23.4 Å². The molecule has 0 fully saturated rings. The zero-order chi connectivity index (χ0) is 17.9. The van der Waals surface area contributed by atoms with Gasteiger partial charge in [-0.05, 0) is 11.5 Å². The summed E-state index contributed by atoms with van der Waals surface area (Å²) in [6, 6.07) is 16.3. The van der Waals surface area contributed by atoms with E-state index >= 15 is 0 Å². The molecule has 0 saturated heterocycles. The fourth-order valence-electron chi connectivity index (χ4n) is 2.69. The molecule has 2 aromatic heterocycles. The van der Waals surface area contributed by atoms with Crippen LogP contribution in [0.25, 0.3) is 22.2 Å². The Morgan fingerprint density at radius 2 is 1.85 bits per heavy atom. The van der Waals surface area contributed by atoms with E-state index in [1.54, 1.807) is 18.0 Å². The van der Waals surface area contributed by atoms with Gasteiger partial charge in [-0.2, -0.15) is 10.1 Å². The van der Waals surface area contributed by atoms with Crippen molar-refractivity contribution in [2.45, 2.75) is 30.5 Å². The van der Waals surface area contributed by atoms with Gasteiger partial charge in [0.25, 0.3) is 0 Å². The van der Waals surface area contributed by atoms with Gasteiger partial charge in [0, 0.05) is 16.3 Å². The highest BCUT2D eigenvalue weighted by molar-refractivity contribution is 7.98. The summed E-state index contributed by atoms with van der Waals surface area (Å²) in [6.45, 7) is 4.35. The largest absolute Gasteiger partial charge is 0.338 e. The summed E-state index contributed by atoms with van der Waals surface area (Å²) in [5, 5.41) is 15.4. The maximum absolute atomic E-state index is 5.40. The molecular weight excluding hydrogens is 344 g/mol. The average Bonchev–Trinajstić information content (AvgIpc) is 3.15. The van der Waals surface area contributed by atoms with Crippen LogP contribution in [0.2, 0.25) is 0 Å². The molecule has 26 heavy (non-hydrogen) atoms. The van der Waals surface area contributed by atoms with Crippen molar-refractivity contribution in [2.75, 3.05) is 0 Å². The molecular formula is C20H18N4OS. The molecule has 6 heteroatoms. The number of hydrogen-bond donors (Lipinski definition) is 0. The molecule has 0 N–H and O–H groups in total. The summed E-state index contributed by atoms with van der Waals surface area (Å²) < 4.78 is 5.40. The van der Waals surface area contributed by atoms with Crippen molar-refractivity contribution in [1.29, 1.82) is 0 Å². The lowest BCUT2D eigenvalue weighted by molar-refractivity contribution is 0.391. The first-order valence-corrected chi connectivity index (χ1v) is 9.45. The molecule has 0 radical (unpaired) electrons. The Labute approximate surface area is 155 Å². The van der Waals surface area contributed by atoms with Crippen LogP contribution < -0.4 is 0 Å². The van der Waals surface area contributed by atoms with Gasteiger partial charge in [-0.25, -0.2) is 0 Å². The molecule has 4 aromatic rings. The lowest BCUT2D eigenvalue weighted by atomic mass is 10.0. The van der Waals surface area contributed by atoms with Crippen LogP contribution in [0.3, 0.4) is 0 Å². The van der Waals surface area contributed by atoms with Gasteiger partial charge in [0.2, 0.25) is 11.7 Å². The molecule has 5 nitrogen and oxygen atoms in total. The van der Waals surface area contributed by atoms with E-state index in [0.717, 1.165) is 21.4 Å². The van der Waals surface area contributed by atoms with Crippen molar-refractivity contribution >= 4 is 22.5 Å². The van der Waals surface area contributed by atoms with Crippen LogP contribution >= 0.6 is 11.8 Å². The second-order valence-electron chi connectivity index (χ2n) is 6.31.